The van der Waals surface area contributed by atoms with Crippen molar-refractivity contribution in [1.29, 1.82) is 0 Å². The molecule has 0 aromatic heterocycles. The van der Waals surface area contributed by atoms with Crippen molar-refractivity contribution in [3.63, 3.8) is 0 Å². The van der Waals surface area contributed by atoms with Crippen LogP contribution in [0.1, 0.15) is 32.1 Å². The molecule has 1 unspecified atom stereocenters. The van der Waals surface area contributed by atoms with Gasteiger partial charge in [-0.25, -0.2) is 4.99 Å². The SMILES string of the molecule is NC1=NCC(CC2CCCC2)O1. The van der Waals surface area contributed by atoms with E-state index in [2.05, 4.69) is 4.99 Å². The van der Waals surface area contributed by atoms with Crippen LogP contribution < -0.4 is 5.73 Å². The second-order valence-corrected chi connectivity index (χ2v) is 3.80. The molecule has 1 fully saturated rings. The first kappa shape index (κ1) is 7.90. The molecule has 3 nitrogen and oxygen atoms in total. The number of aliphatic imine (C=N–C) groups is 1. The van der Waals surface area contributed by atoms with Gasteiger partial charge in [-0.15, -0.1) is 0 Å². The van der Waals surface area contributed by atoms with Gasteiger partial charge in [0.25, 0.3) is 6.02 Å². The van der Waals surface area contributed by atoms with Crippen molar-refractivity contribution in [2.24, 2.45) is 16.6 Å². The molecule has 0 aromatic rings. The van der Waals surface area contributed by atoms with Crippen LogP contribution in [0.15, 0.2) is 4.99 Å². The van der Waals surface area contributed by atoms with E-state index in [9.17, 15) is 0 Å². The Hall–Kier alpha value is -0.730. The van der Waals surface area contributed by atoms with E-state index in [1.807, 2.05) is 0 Å². The average Bonchev–Trinajstić information content (AvgIpc) is 2.63. The summed E-state index contributed by atoms with van der Waals surface area (Å²) in [6, 6.07) is 0.387. The van der Waals surface area contributed by atoms with E-state index in [4.69, 9.17) is 10.5 Å². The molecule has 0 bridgehead atoms. The maximum Gasteiger partial charge on any atom is 0.282 e. The lowest BCUT2D eigenvalue weighted by Gasteiger charge is -2.14. The highest BCUT2D eigenvalue weighted by Gasteiger charge is 2.24. The predicted octanol–water partition coefficient (Wildman–Crippen LogP) is 1.28. The fraction of sp³-hybridized carbons (Fsp3) is 0.889. The van der Waals surface area contributed by atoms with Crippen molar-refractivity contribution in [1.82, 2.24) is 0 Å². The highest BCUT2D eigenvalue weighted by Crippen LogP contribution is 2.29. The number of hydrogen-bond donors (Lipinski definition) is 1. The van der Waals surface area contributed by atoms with Gasteiger partial charge in [0.2, 0.25) is 0 Å². The van der Waals surface area contributed by atoms with Gasteiger partial charge in [0.05, 0.1) is 6.54 Å². The quantitative estimate of drug-likeness (QED) is 0.675. The van der Waals surface area contributed by atoms with Gasteiger partial charge in [-0.05, 0) is 12.3 Å². The van der Waals surface area contributed by atoms with Crippen molar-refractivity contribution >= 4 is 6.02 Å². The Kier molecular flexibility index (Phi) is 2.19. The summed E-state index contributed by atoms with van der Waals surface area (Å²) in [4.78, 5) is 4.03. The fourth-order valence-electron chi connectivity index (χ4n) is 2.18. The van der Waals surface area contributed by atoms with Crippen LogP contribution in [0.3, 0.4) is 0 Å². The number of ether oxygens (including phenoxy) is 1. The normalized spacial score (nSPS) is 30.3. The van der Waals surface area contributed by atoms with Gasteiger partial charge in [-0.2, -0.15) is 0 Å². The van der Waals surface area contributed by atoms with Gasteiger partial charge >= 0.3 is 0 Å². The van der Waals surface area contributed by atoms with Crippen molar-refractivity contribution in [2.45, 2.75) is 38.2 Å². The van der Waals surface area contributed by atoms with Crippen LogP contribution in [0.2, 0.25) is 0 Å². The van der Waals surface area contributed by atoms with Gasteiger partial charge in [0.1, 0.15) is 6.10 Å². The summed E-state index contributed by atoms with van der Waals surface area (Å²) in [6.07, 6.45) is 6.98. The Morgan fingerprint density at radius 3 is 2.75 bits per heavy atom. The number of amidine groups is 1. The molecule has 2 aliphatic rings. The largest absolute Gasteiger partial charge is 0.460 e. The molecular formula is C9H16N2O. The van der Waals surface area contributed by atoms with E-state index in [1.54, 1.807) is 0 Å². The van der Waals surface area contributed by atoms with Crippen molar-refractivity contribution in [3.05, 3.63) is 0 Å². The first-order valence-electron chi connectivity index (χ1n) is 4.81. The number of nitrogens with two attached hydrogens (primary N) is 1. The number of hydrogen-bond acceptors (Lipinski definition) is 3. The van der Waals surface area contributed by atoms with E-state index in [0.717, 1.165) is 18.9 Å². The molecule has 0 saturated heterocycles. The van der Waals surface area contributed by atoms with E-state index in [-0.39, 0.29) is 6.10 Å². The topological polar surface area (TPSA) is 47.6 Å². The van der Waals surface area contributed by atoms with Gasteiger partial charge < -0.3 is 10.5 Å². The van der Waals surface area contributed by atoms with Crippen LogP contribution in [0.4, 0.5) is 0 Å². The molecule has 1 saturated carbocycles. The summed E-state index contributed by atoms with van der Waals surface area (Å²) in [6.45, 7) is 0.780. The van der Waals surface area contributed by atoms with Crippen molar-refractivity contribution in [2.75, 3.05) is 6.54 Å². The van der Waals surface area contributed by atoms with Crippen LogP contribution in [-0.2, 0) is 4.74 Å². The molecule has 1 aliphatic carbocycles. The number of rotatable bonds is 2. The lowest BCUT2D eigenvalue weighted by molar-refractivity contribution is 0.185. The lowest BCUT2D eigenvalue weighted by atomic mass is 10.0. The van der Waals surface area contributed by atoms with Gasteiger partial charge in [-0.1, -0.05) is 25.7 Å². The maximum absolute atomic E-state index is 5.43. The zero-order valence-corrected chi connectivity index (χ0v) is 7.33. The summed E-state index contributed by atoms with van der Waals surface area (Å²) in [5.41, 5.74) is 5.43. The van der Waals surface area contributed by atoms with E-state index in [1.165, 1.54) is 25.7 Å². The summed E-state index contributed by atoms with van der Waals surface area (Å²) < 4.78 is 5.35. The standard InChI is InChI=1S/C9H16N2O/c10-9-11-6-8(12-9)5-7-3-1-2-4-7/h7-8H,1-6H2,(H2,10,11). The molecule has 0 amide bonds. The Morgan fingerprint density at radius 1 is 1.42 bits per heavy atom. The smallest absolute Gasteiger partial charge is 0.282 e. The molecule has 3 heteroatoms. The van der Waals surface area contributed by atoms with Crippen molar-refractivity contribution in [3.8, 4) is 0 Å². The summed E-state index contributed by atoms with van der Waals surface area (Å²) in [5.74, 6) is 0.871. The Balaban J connectivity index is 1.74. The van der Waals surface area contributed by atoms with Gasteiger partial charge in [-0.3, -0.25) is 0 Å². The summed E-state index contributed by atoms with van der Waals surface area (Å²) in [7, 11) is 0. The molecule has 2 N–H and O–H groups in total. The minimum Gasteiger partial charge on any atom is -0.460 e. The third kappa shape index (κ3) is 1.71. The zero-order valence-electron chi connectivity index (χ0n) is 7.33. The Labute approximate surface area is 73.0 Å². The second-order valence-electron chi connectivity index (χ2n) is 3.80. The third-order valence-electron chi connectivity index (χ3n) is 2.81. The maximum atomic E-state index is 5.43. The molecule has 68 valence electrons. The summed E-state index contributed by atoms with van der Waals surface area (Å²) in [5, 5.41) is 0. The fourth-order valence-corrected chi connectivity index (χ4v) is 2.18. The zero-order chi connectivity index (χ0) is 8.39. The molecule has 2 rings (SSSR count). The van der Waals surface area contributed by atoms with Crippen LogP contribution in [0.25, 0.3) is 0 Å². The highest BCUT2D eigenvalue weighted by atomic mass is 16.5. The molecule has 0 radical (unpaired) electrons. The van der Waals surface area contributed by atoms with E-state index < -0.39 is 0 Å². The molecule has 12 heavy (non-hydrogen) atoms. The van der Waals surface area contributed by atoms with Crippen LogP contribution in [0, 0.1) is 5.92 Å². The van der Waals surface area contributed by atoms with E-state index >= 15 is 0 Å². The van der Waals surface area contributed by atoms with Crippen LogP contribution >= 0.6 is 0 Å². The molecule has 1 aliphatic heterocycles. The Bertz CT molecular complexity index is 185. The molecule has 1 heterocycles. The average molecular weight is 168 g/mol. The monoisotopic (exact) mass is 168 g/mol. The van der Waals surface area contributed by atoms with Gasteiger partial charge in [0, 0.05) is 0 Å². The molecule has 1 atom stereocenters. The first-order valence-corrected chi connectivity index (χ1v) is 4.81. The van der Waals surface area contributed by atoms with Crippen LogP contribution in [-0.4, -0.2) is 18.7 Å². The highest BCUT2D eigenvalue weighted by molar-refractivity contribution is 5.72. The molecule has 0 spiro atoms. The van der Waals surface area contributed by atoms with Crippen LogP contribution in [0.5, 0.6) is 0 Å². The summed E-state index contributed by atoms with van der Waals surface area (Å²) >= 11 is 0. The van der Waals surface area contributed by atoms with Crippen molar-refractivity contribution < 1.29 is 4.74 Å². The third-order valence-corrected chi connectivity index (χ3v) is 2.81. The second kappa shape index (κ2) is 3.33. The van der Waals surface area contributed by atoms with Gasteiger partial charge in [0.15, 0.2) is 0 Å². The Morgan fingerprint density at radius 2 is 2.17 bits per heavy atom. The first-order chi connectivity index (χ1) is 5.84. The molecular weight excluding hydrogens is 152 g/mol. The minimum atomic E-state index is 0.285. The molecule has 0 aromatic carbocycles. The predicted molar refractivity (Wildman–Crippen MR) is 47.9 cm³/mol. The minimum absolute atomic E-state index is 0.285. The van der Waals surface area contributed by atoms with E-state index in [0.29, 0.717) is 6.02 Å². The lowest BCUT2D eigenvalue weighted by Crippen LogP contribution is -2.20. The number of nitrogens with zero attached hydrogens (tertiary/aromatic N) is 1.